The maximum atomic E-state index is 10.9. The molecule has 2 aromatic rings. The lowest BCUT2D eigenvalue weighted by atomic mass is 10.2. The van der Waals surface area contributed by atoms with Gasteiger partial charge in [0.2, 0.25) is 0 Å². The van der Waals surface area contributed by atoms with Crippen molar-refractivity contribution in [2.45, 2.75) is 4.90 Å². The van der Waals surface area contributed by atoms with Crippen LogP contribution in [-0.4, -0.2) is 18.5 Å². The van der Waals surface area contributed by atoms with Gasteiger partial charge in [0.05, 0.1) is 10.6 Å². The first kappa shape index (κ1) is 10.1. The van der Waals surface area contributed by atoms with Crippen molar-refractivity contribution in [3.63, 3.8) is 0 Å². The summed E-state index contributed by atoms with van der Waals surface area (Å²) in [5, 5.41) is 4.22. The average molecular weight is 222 g/mol. The summed E-state index contributed by atoms with van der Waals surface area (Å²) in [5.41, 5.74) is 1.64. The molecule has 78 valence electrons. The molecule has 1 aromatic carbocycles. The van der Waals surface area contributed by atoms with E-state index >= 15 is 0 Å². The first-order chi connectivity index (χ1) is 7.16. The quantitative estimate of drug-likeness (QED) is 0.786. The summed E-state index contributed by atoms with van der Waals surface area (Å²) < 4.78 is 21.5. The molecule has 5 heteroatoms. The van der Waals surface area contributed by atoms with E-state index < -0.39 is 11.1 Å². The van der Waals surface area contributed by atoms with E-state index in [-0.39, 0.29) is 0 Å². The van der Waals surface area contributed by atoms with Crippen LogP contribution in [0.1, 0.15) is 0 Å². The van der Waals surface area contributed by atoms with E-state index in [9.17, 15) is 4.21 Å². The maximum Gasteiger partial charge on any atom is 0.186 e. The highest BCUT2D eigenvalue weighted by atomic mass is 32.2. The van der Waals surface area contributed by atoms with E-state index in [1.165, 1.54) is 0 Å². The summed E-state index contributed by atoms with van der Waals surface area (Å²) in [6, 6.07) is 8.74. The molecule has 4 nitrogen and oxygen atoms in total. The standard InChI is InChI=1S/C10H10N2O2S/c1-12-6-5-10(11-12)8-3-2-4-9(7-8)15(13)14/h2-7H,1H3,(H,13,14). The zero-order valence-electron chi connectivity index (χ0n) is 8.12. The van der Waals surface area contributed by atoms with E-state index in [1.54, 1.807) is 22.9 Å². The molecule has 15 heavy (non-hydrogen) atoms. The molecule has 0 saturated carbocycles. The lowest BCUT2D eigenvalue weighted by molar-refractivity contribution is 0.564. The van der Waals surface area contributed by atoms with Gasteiger partial charge in [0.15, 0.2) is 11.1 Å². The number of benzene rings is 1. The summed E-state index contributed by atoms with van der Waals surface area (Å²) in [5.74, 6) is 0. The Hall–Kier alpha value is -1.46. The molecule has 2 rings (SSSR count). The summed E-state index contributed by atoms with van der Waals surface area (Å²) in [7, 11) is 1.83. The Bertz CT molecular complexity index is 508. The molecule has 0 saturated heterocycles. The molecule has 1 aromatic heterocycles. The highest BCUT2D eigenvalue weighted by Crippen LogP contribution is 2.19. The van der Waals surface area contributed by atoms with Crippen LogP contribution in [0.25, 0.3) is 11.3 Å². The fraction of sp³-hybridized carbons (Fsp3) is 0.100. The third-order valence-corrected chi connectivity index (χ3v) is 2.70. The molecule has 0 bridgehead atoms. The molecule has 0 amide bonds. The second kappa shape index (κ2) is 3.96. The molecule has 0 aliphatic heterocycles. The third-order valence-electron chi connectivity index (χ3n) is 2.05. The van der Waals surface area contributed by atoms with Gasteiger partial charge in [-0.3, -0.25) is 4.68 Å². The van der Waals surface area contributed by atoms with Crippen molar-refractivity contribution < 1.29 is 8.76 Å². The first-order valence-electron chi connectivity index (χ1n) is 4.38. The van der Waals surface area contributed by atoms with Gasteiger partial charge in [0.25, 0.3) is 0 Å². The molecular weight excluding hydrogens is 212 g/mol. The second-order valence-corrected chi connectivity index (χ2v) is 4.12. The Morgan fingerprint density at radius 3 is 2.80 bits per heavy atom. The molecule has 0 radical (unpaired) electrons. The highest BCUT2D eigenvalue weighted by molar-refractivity contribution is 7.79. The molecule has 1 atom stereocenters. The van der Waals surface area contributed by atoms with Crippen LogP contribution in [0.4, 0.5) is 0 Å². The SMILES string of the molecule is Cn1ccc(-c2cccc(S(=O)O)c2)n1. The minimum absolute atomic E-state index is 0.387. The molecule has 1 unspecified atom stereocenters. The van der Waals surface area contributed by atoms with Gasteiger partial charge >= 0.3 is 0 Å². The van der Waals surface area contributed by atoms with Gasteiger partial charge < -0.3 is 4.55 Å². The van der Waals surface area contributed by atoms with Crippen molar-refractivity contribution >= 4 is 11.1 Å². The number of rotatable bonds is 2. The van der Waals surface area contributed by atoms with Crippen LogP contribution >= 0.6 is 0 Å². The monoisotopic (exact) mass is 222 g/mol. The number of nitrogens with zero attached hydrogens (tertiary/aromatic N) is 2. The van der Waals surface area contributed by atoms with Crippen molar-refractivity contribution in [3.8, 4) is 11.3 Å². The Morgan fingerprint density at radius 1 is 1.40 bits per heavy atom. The summed E-state index contributed by atoms with van der Waals surface area (Å²) in [6.07, 6.45) is 1.83. The maximum absolute atomic E-state index is 10.9. The normalized spacial score (nSPS) is 12.7. The van der Waals surface area contributed by atoms with Crippen molar-refractivity contribution in [3.05, 3.63) is 36.5 Å². The van der Waals surface area contributed by atoms with Crippen molar-refractivity contribution in [2.24, 2.45) is 7.05 Å². The summed E-state index contributed by atoms with van der Waals surface area (Å²) in [6.45, 7) is 0. The van der Waals surface area contributed by atoms with Crippen LogP contribution in [0.2, 0.25) is 0 Å². The van der Waals surface area contributed by atoms with E-state index in [4.69, 9.17) is 4.55 Å². The molecule has 0 spiro atoms. The predicted octanol–water partition coefficient (Wildman–Crippen LogP) is 1.67. The Balaban J connectivity index is 2.45. The minimum Gasteiger partial charge on any atom is -0.302 e. The topological polar surface area (TPSA) is 55.1 Å². The van der Waals surface area contributed by atoms with Gasteiger partial charge in [0.1, 0.15) is 0 Å². The van der Waals surface area contributed by atoms with Gasteiger partial charge in [0, 0.05) is 18.8 Å². The van der Waals surface area contributed by atoms with Crippen molar-refractivity contribution in [2.75, 3.05) is 0 Å². The Morgan fingerprint density at radius 2 is 2.20 bits per heavy atom. The smallest absolute Gasteiger partial charge is 0.186 e. The minimum atomic E-state index is -1.94. The van der Waals surface area contributed by atoms with E-state index in [0.717, 1.165) is 11.3 Å². The lowest BCUT2D eigenvalue weighted by Crippen LogP contribution is -1.90. The van der Waals surface area contributed by atoms with Crippen LogP contribution in [0.3, 0.4) is 0 Å². The average Bonchev–Trinajstić information content (AvgIpc) is 2.65. The number of hydrogen-bond donors (Lipinski definition) is 1. The number of aromatic nitrogens is 2. The number of hydrogen-bond acceptors (Lipinski definition) is 2. The van der Waals surface area contributed by atoms with Crippen molar-refractivity contribution in [1.29, 1.82) is 0 Å². The predicted molar refractivity (Wildman–Crippen MR) is 57.7 cm³/mol. The molecular formula is C10H10N2O2S. The Kier molecular flexibility index (Phi) is 2.66. The van der Waals surface area contributed by atoms with Crippen LogP contribution in [-0.2, 0) is 18.1 Å². The fourth-order valence-corrected chi connectivity index (χ4v) is 1.76. The van der Waals surface area contributed by atoms with Crippen molar-refractivity contribution in [1.82, 2.24) is 9.78 Å². The van der Waals surface area contributed by atoms with E-state index in [1.807, 2.05) is 25.4 Å². The summed E-state index contributed by atoms with van der Waals surface area (Å²) in [4.78, 5) is 0.387. The third kappa shape index (κ3) is 2.14. The van der Waals surface area contributed by atoms with Gasteiger partial charge in [-0.2, -0.15) is 5.10 Å². The molecule has 0 aliphatic rings. The lowest BCUT2D eigenvalue weighted by Gasteiger charge is -1.98. The molecule has 1 heterocycles. The summed E-state index contributed by atoms with van der Waals surface area (Å²) >= 11 is -1.94. The molecule has 0 aliphatic carbocycles. The second-order valence-electron chi connectivity index (χ2n) is 3.15. The fourth-order valence-electron chi connectivity index (χ4n) is 1.33. The van der Waals surface area contributed by atoms with Gasteiger partial charge in [-0.1, -0.05) is 12.1 Å². The van der Waals surface area contributed by atoms with E-state index in [0.29, 0.717) is 4.90 Å². The Labute approximate surface area is 89.8 Å². The van der Waals surface area contributed by atoms with Gasteiger partial charge in [-0.25, -0.2) is 4.21 Å². The molecule has 1 N–H and O–H groups in total. The van der Waals surface area contributed by atoms with Crippen LogP contribution < -0.4 is 0 Å². The van der Waals surface area contributed by atoms with Gasteiger partial charge in [-0.15, -0.1) is 0 Å². The largest absolute Gasteiger partial charge is 0.302 e. The number of aryl methyl sites for hydroxylation is 1. The van der Waals surface area contributed by atoms with Crippen LogP contribution in [0.15, 0.2) is 41.4 Å². The zero-order chi connectivity index (χ0) is 10.8. The highest BCUT2D eigenvalue weighted by Gasteiger charge is 2.04. The van der Waals surface area contributed by atoms with Crippen LogP contribution in [0.5, 0.6) is 0 Å². The van der Waals surface area contributed by atoms with Gasteiger partial charge in [-0.05, 0) is 18.2 Å². The zero-order valence-corrected chi connectivity index (χ0v) is 8.94. The molecule has 0 fully saturated rings. The van der Waals surface area contributed by atoms with Crippen LogP contribution in [0, 0.1) is 0 Å². The first-order valence-corrected chi connectivity index (χ1v) is 5.48. The van der Waals surface area contributed by atoms with E-state index in [2.05, 4.69) is 5.10 Å².